The van der Waals surface area contributed by atoms with E-state index in [0.717, 1.165) is 22.3 Å². The number of rotatable bonds is 5. The summed E-state index contributed by atoms with van der Waals surface area (Å²) in [5.74, 6) is -1.24. The van der Waals surface area contributed by atoms with Crippen LogP contribution in [0.5, 0.6) is 0 Å². The maximum Gasteiger partial charge on any atom is 0.326 e. The Morgan fingerprint density at radius 1 is 1.21 bits per heavy atom. The fourth-order valence-corrected chi connectivity index (χ4v) is 2.23. The molecule has 0 heterocycles. The van der Waals surface area contributed by atoms with Crippen molar-refractivity contribution < 1.29 is 14.7 Å². The standard InChI is InChI=1S/C15H21NO3/c1-5-14(17)16-13(15(18)19)8-12-10(3)6-9(2)7-11(12)4/h6-7,13H,5,8H2,1-4H3,(H,16,17)(H,18,19). The largest absolute Gasteiger partial charge is 0.480 e. The predicted molar refractivity (Wildman–Crippen MR) is 74.2 cm³/mol. The highest BCUT2D eigenvalue weighted by Gasteiger charge is 2.21. The fraction of sp³-hybridized carbons (Fsp3) is 0.467. The summed E-state index contributed by atoms with van der Waals surface area (Å²) in [6.45, 7) is 7.65. The van der Waals surface area contributed by atoms with Gasteiger partial charge in [-0.05, 0) is 37.5 Å². The predicted octanol–water partition coefficient (Wildman–Crippen LogP) is 2.13. The Balaban J connectivity index is 2.97. The van der Waals surface area contributed by atoms with Crippen LogP contribution in [0.25, 0.3) is 0 Å². The van der Waals surface area contributed by atoms with Gasteiger partial charge in [-0.2, -0.15) is 0 Å². The Morgan fingerprint density at radius 3 is 2.16 bits per heavy atom. The quantitative estimate of drug-likeness (QED) is 0.855. The van der Waals surface area contributed by atoms with E-state index in [1.54, 1.807) is 6.92 Å². The summed E-state index contributed by atoms with van der Waals surface area (Å²) in [4.78, 5) is 22.6. The Kier molecular flexibility index (Phi) is 5.10. The van der Waals surface area contributed by atoms with E-state index >= 15 is 0 Å². The van der Waals surface area contributed by atoms with Crippen molar-refractivity contribution >= 4 is 11.9 Å². The minimum Gasteiger partial charge on any atom is -0.480 e. The lowest BCUT2D eigenvalue weighted by Gasteiger charge is -2.17. The number of carbonyl (C=O) groups excluding carboxylic acids is 1. The van der Waals surface area contributed by atoms with Crippen molar-refractivity contribution in [2.24, 2.45) is 0 Å². The topological polar surface area (TPSA) is 66.4 Å². The number of aryl methyl sites for hydroxylation is 3. The van der Waals surface area contributed by atoms with Crippen LogP contribution in [0.4, 0.5) is 0 Å². The lowest BCUT2D eigenvalue weighted by molar-refractivity contribution is -0.141. The van der Waals surface area contributed by atoms with Crippen molar-refractivity contribution in [3.63, 3.8) is 0 Å². The van der Waals surface area contributed by atoms with Crippen molar-refractivity contribution in [2.75, 3.05) is 0 Å². The Hall–Kier alpha value is -1.84. The molecule has 1 aromatic carbocycles. The molecule has 0 bridgehead atoms. The third-order valence-corrected chi connectivity index (χ3v) is 3.20. The summed E-state index contributed by atoms with van der Waals surface area (Å²) >= 11 is 0. The van der Waals surface area contributed by atoms with Gasteiger partial charge >= 0.3 is 5.97 Å². The first kappa shape index (κ1) is 15.2. The van der Waals surface area contributed by atoms with Gasteiger partial charge in [-0.15, -0.1) is 0 Å². The van der Waals surface area contributed by atoms with Crippen LogP contribution in [-0.4, -0.2) is 23.0 Å². The smallest absolute Gasteiger partial charge is 0.326 e. The molecule has 0 aliphatic rings. The van der Waals surface area contributed by atoms with Crippen molar-refractivity contribution in [1.29, 1.82) is 0 Å². The monoisotopic (exact) mass is 263 g/mol. The van der Waals surface area contributed by atoms with Gasteiger partial charge in [-0.25, -0.2) is 4.79 Å². The maximum atomic E-state index is 11.4. The molecule has 1 atom stereocenters. The molecular weight excluding hydrogens is 242 g/mol. The van der Waals surface area contributed by atoms with E-state index in [1.807, 2.05) is 32.9 Å². The second kappa shape index (κ2) is 6.36. The average Bonchev–Trinajstić information content (AvgIpc) is 2.31. The van der Waals surface area contributed by atoms with Crippen molar-refractivity contribution in [1.82, 2.24) is 5.32 Å². The highest BCUT2D eigenvalue weighted by Crippen LogP contribution is 2.18. The van der Waals surface area contributed by atoms with Gasteiger partial charge in [0.2, 0.25) is 5.91 Å². The van der Waals surface area contributed by atoms with Gasteiger partial charge in [0.1, 0.15) is 6.04 Å². The molecule has 0 spiro atoms. The number of carboxylic acid groups (broad SMARTS) is 1. The summed E-state index contributed by atoms with van der Waals surface area (Å²) in [5, 5.41) is 11.7. The van der Waals surface area contributed by atoms with E-state index in [1.165, 1.54) is 0 Å². The molecule has 0 fully saturated rings. The van der Waals surface area contributed by atoms with Gasteiger partial charge in [0.15, 0.2) is 0 Å². The zero-order valence-electron chi connectivity index (χ0n) is 11.9. The number of hydrogen-bond donors (Lipinski definition) is 2. The average molecular weight is 263 g/mol. The second-order valence-electron chi connectivity index (χ2n) is 4.89. The Morgan fingerprint density at radius 2 is 1.74 bits per heavy atom. The van der Waals surface area contributed by atoms with Crippen LogP contribution in [-0.2, 0) is 16.0 Å². The lowest BCUT2D eigenvalue weighted by Crippen LogP contribution is -2.42. The molecule has 0 aliphatic heterocycles. The minimum absolute atomic E-state index is 0.241. The number of hydrogen-bond acceptors (Lipinski definition) is 2. The van der Waals surface area contributed by atoms with Gasteiger partial charge in [0, 0.05) is 12.8 Å². The minimum atomic E-state index is -0.999. The van der Waals surface area contributed by atoms with Crippen LogP contribution < -0.4 is 5.32 Å². The van der Waals surface area contributed by atoms with E-state index in [2.05, 4.69) is 5.32 Å². The molecule has 2 N–H and O–H groups in total. The highest BCUT2D eigenvalue weighted by atomic mass is 16.4. The molecular formula is C15H21NO3. The van der Waals surface area contributed by atoms with E-state index in [-0.39, 0.29) is 12.3 Å². The molecule has 0 aliphatic carbocycles. The third kappa shape index (κ3) is 4.09. The number of benzene rings is 1. The molecule has 0 aromatic heterocycles. The molecule has 19 heavy (non-hydrogen) atoms. The fourth-order valence-electron chi connectivity index (χ4n) is 2.23. The van der Waals surface area contributed by atoms with Crippen LogP contribution in [0.1, 0.15) is 35.6 Å². The molecule has 1 amide bonds. The molecule has 0 saturated heterocycles. The van der Waals surface area contributed by atoms with E-state index < -0.39 is 12.0 Å². The summed E-state index contributed by atoms with van der Waals surface area (Å²) < 4.78 is 0. The molecule has 0 radical (unpaired) electrons. The number of carboxylic acids is 1. The number of amides is 1. The maximum absolute atomic E-state index is 11.4. The first-order valence-electron chi connectivity index (χ1n) is 6.44. The number of carbonyl (C=O) groups is 2. The zero-order chi connectivity index (χ0) is 14.6. The molecule has 4 heteroatoms. The normalized spacial score (nSPS) is 12.0. The van der Waals surface area contributed by atoms with Crippen molar-refractivity contribution in [3.8, 4) is 0 Å². The van der Waals surface area contributed by atoms with E-state index in [9.17, 15) is 14.7 Å². The van der Waals surface area contributed by atoms with Crippen molar-refractivity contribution in [2.45, 2.75) is 46.6 Å². The summed E-state index contributed by atoms with van der Waals surface area (Å²) in [7, 11) is 0. The molecule has 104 valence electrons. The zero-order valence-corrected chi connectivity index (χ0v) is 11.9. The number of nitrogens with one attached hydrogen (secondary N) is 1. The molecule has 1 rings (SSSR count). The first-order chi connectivity index (χ1) is 8.85. The second-order valence-corrected chi connectivity index (χ2v) is 4.89. The number of aliphatic carboxylic acids is 1. The molecule has 4 nitrogen and oxygen atoms in total. The van der Waals surface area contributed by atoms with Gasteiger partial charge in [0.25, 0.3) is 0 Å². The molecule has 1 aromatic rings. The van der Waals surface area contributed by atoms with Crippen LogP contribution in [0.2, 0.25) is 0 Å². The highest BCUT2D eigenvalue weighted by molar-refractivity contribution is 5.83. The van der Waals surface area contributed by atoms with E-state index in [4.69, 9.17) is 0 Å². The van der Waals surface area contributed by atoms with Gasteiger partial charge in [0.05, 0.1) is 0 Å². The summed E-state index contributed by atoms with van der Waals surface area (Å²) in [6.07, 6.45) is 0.606. The van der Waals surface area contributed by atoms with Crippen LogP contribution >= 0.6 is 0 Å². The van der Waals surface area contributed by atoms with E-state index in [0.29, 0.717) is 6.42 Å². The van der Waals surface area contributed by atoms with Crippen LogP contribution in [0.15, 0.2) is 12.1 Å². The molecule has 0 saturated carbocycles. The Labute approximate surface area is 113 Å². The molecule has 1 unspecified atom stereocenters. The van der Waals surface area contributed by atoms with Gasteiger partial charge in [-0.3, -0.25) is 4.79 Å². The third-order valence-electron chi connectivity index (χ3n) is 3.20. The Bertz CT molecular complexity index is 471. The van der Waals surface area contributed by atoms with Crippen molar-refractivity contribution in [3.05, 3.63) is 34.4 Å². The van der Waals surface area contributed by atoms with Gasteiger partial charge in [-0.1, -0.05) is 24.6 Å². The lowest BCUT2D eigenvalue weighted by atomic mass is 9.94. The SMILES string of the molecule is CCC(=O)NC(Cc1c(C)cc(C)cc1C)C(=O)O. The van der Waals surface area contributed by atoms with Crippen LogP contribution in [0.3, 0.4) is 0 Å². The van der Waals surface area contributed by atoms with Crippen LogP contribution in [0, 0.1) is 20.8 Å². The van der Waals surface area contributed by atoms with Gasteiger partial charge < -0.3 is 10.4 Å². The first-order valence-corrected chi connectivity index (χ1v) is 6.44. The summed E-state index contributed by atoms with van der Waals surface area (Å²) in [6, 6.07) is 3.19. The summed E-state index contributed by atoms with van der Waals surface area (Å²) in [5.41, 5.74) is 4.28.